The molecule has 0 aromatic rings. The number of carboxylic acid groups (broad SMARTS) is 1. The second-order valence-corrected chi connectivity index (χ2v) is 4.88. The summed E-state index contributed by atoms with van der Waals surface area (Å²) >= 11 is 0. The Morgan fingerprint density at radius 2 is 2.06 bits per heavy atom. The van der Waals surface area contributed by atoms with Crippen molar-refractivity contribution in [1.29, 1.82) is 0 Å². The number of amides is 1. The van der Waals surface area contributed by atoms with Crippen LogP contribution in [0, 0.1) is 0 Å². The molecule has 2 atom stereocenters. The zero-order chi connectivity index (χ0) is 13.1. The van der Waals surface area contributed by atoms with Gasteiger partial charge in [-0.25, -0.2) is 0 Å². The van der Waals surface area contributed by atoms with Crippen molar-refractivity contribution in [3.05, 3.63) is 0 Å². The van der Waals surface area contributed by atoms with E-state index in [1.54, 1.807) is 11.8 Å². The first-order chi connectivity index (χ1) is 7.82. The van der Waals surface area contributed by atoms with E-state index in [0.717, 1.165) is 0 Å². The molecular formula is C11H20N2O4. The van der Waals surface area contributed by atoms with E-state index >= 15 is 0 Å². The fraction of sp³-hybridized carbons (Fsp3) is 0.818. The maximum absolute atomic E-state index is 11.9. The number of aliphatic hydroxyl groups is 1. The number of aliphatic carboxylic acids is 1. The van der Waals surface area contributed by atoms with Crippen LogP contribution in [0.15, 0.2) is 0 Å². The second-order valence-electron chi connectivity index (χ2n) is 4.88. The van der Waals surface area contributed by atoms with Crippen molar-refractivity contribution in [1.82, 2.24) is 4.90 Å². The number of rotatable bonds is 3. The SMILES string of the molecule is CC1(O)CCCN(C(=O)C(N)CC(=O)O)CC1. The Morgan fingerprint density at radius 1 is 1.41 bits per heavy atom. The maximum atomic E-state index is 11.9. The monoisotopic (exact) mass is 244 g/mol. The first-order valence-corrected chi connectivity index (χ1v) is 5.80. The zero-order valence-corrected chi connectivity index (χ0v) is 10.1. The largest absolute Gasteiger partial charge is 0.481 e. The van der Waals surface area contributed by atoms with Gasteiger partial charge in [-0.05, 0) is 26.2 Å². The molecule has 0 aromatic heterocycles. The van der Waals surface area contributed by atoms with Gasteiger partial charge in [-0.2, -0.15) is 0 Å². The fourth-order valence-corrected chi connectivity index (χ4v) is 1.99. The predicted molar refractivity (Wildman–Crippen MR) is 61.3 cm³/mol. The number of likely N-dealkylation sites (tertiary alicyclic amines) is 1. The van der Waals surface area contributed by atoms with Crippen molar-refractivity contribution in [2.45, 2.75) is 44.2 Å². The fourth-order valence-electron chi connectivity index (χ4n) is 1.99. The minimum Gasteiger partial charge on any atom is -0.481 e. The Labute approximate surface area is 100 Å². The molecule has 6 heteroatoms. The van der Waals surface area contributed by atoms with E-state index in [1.165, 1.54) is 0 Å². The lowest BCUT2D eigenvalue weighted by atomic mass is 9.98. The molecule has 4 N–H and O–H groups in total. The standard InChI is InChI=1S/C11H20N2O4/c1-11(17)3-2-5-13(6-4-11)10(16)8(12)7-9(14)15/h8,17H,2-7,12H2,1H3,(H,14,15). The lowest BCUT2D eigenvalue weighted by Crippen LogP contribution is -2.45. The Morgan fingerprint density at radius 3 is 2.65 bits per heavy atom. The van der Waals surface area contributed by atoms with Gasteiger partial charge in [0.1, 0.15) is 0 Å². The molecule has 1 saturated heterocycles. The summed E-state index contributed by atoms with van der Waals surface area (Å²) < 4.78 is 0. The van der Waals surface area contributed by atoms with Gasteiger partial charge in [-0.3, -0.25) is 9.59 Å². The molecular weight excluding hydrogens is 224 g/mol. The summed E-state index contributed by atoms with van der Waals surface area (Å²) in [6.45, 7) is 2.71. The Bertz CT molecular complexity index is 304. The van der Waals surface area contributed by atoms with Gasteiger partial charge in [0.05, 0.1) is 18.1 Å². The molecule has 0 aromatic carbocycles. The van der Waals surface area contributed by atoms with Gasteiger partial charge in [0.2, 0.25) is 5.91 Å². The first-order valence-electron chi connectivity index (χ1n) is 5.80. The molecule has 0 spiro atoms. The quantitative estimate of drug-likeness (QED) is 0.624. The van der Waals surface area contributed by atoms with Gasteiger partial charge in [0.15, 0.2) is 0 Å². The van der Waals surface area contributed by atoms with Crippen molar-refractivity contribution in [2.75, 3.05) is 13.1 Å². The van der Waals surface area contributed by atoms with Crippen molar-refractivity contribution < 1.29 is 19.8 Å². The lowest BCUT2D eigenvalue weighted by Gasteiger charge is -2.24. The van der Waals surface area contributed by atoms with Crippen LogP contribution >= 0.6 is 0 Å². The molecule has 1 aliphatic heterocycles. The third-order valence-electron chi connectivity index (χ3n) is 3.09. The Hall–Kier alpha value is -1.14. The summed E-state index contributed by atoms with van der Waals surface area (Å²) in [6.07, 6.45) is 1.49. The highest BCUT2D eigenvalue weighted by Crippen LogP contribution is 2.21. The summed E-state index contributed by atoms with van der Waals surface area (Å²) in [6, 6.07) is -0.990. The summed E-state index contributed by atoms with van der Waals surface area (Å²) in [5.74, 6) is -1.42. The van der Waals surface area contributed by atoms with Crippen LogP contribution in [0.2, 0.25) is 0 Å². The van der Waals surface area contributed by atoms with Crippen LogP contribution < -0.4 is 5.73 Å². The van der Waals surface area contributed by atoms with Crippen LogP contribution in [0.4, 0.5) is 0 Å². The van der Waals surface area contributed by atoms with Gasteiger partial charge >= 0.3 is 5.97 Å². The molecule has 1 amide bonds. The molecule has 6 nitrogen and oxygen atoms in total. The van der Waals surface area contributed by atoms with Gasteiger partial charge < -0.3 is 20.8 Å². The van der Waals surface area contributed by atoms with Crippen LogP contribution in [-0.4, -0.2) is 51.7 Å². The summed E-state index contributed by atoms with van der Waals surface area (Å²) in [5, 5.41) is 18.5. The average Bonchev–Trinajstić information content (AvgIpc) is 2.37. The van der Waals surface area contributed by atoms with Crippen molar-refractivity contribution >= 4 is 11.9 Å². The molecule has 0 saturated carbocycles. The number of hydrogen-bond acceptors (Lipinski definition) is 4. The van der Waals surface area contributed by atoms with Crippen LogP contribution in [0.1, 0.15) is 32.6 Å². The summed E-state index contributed by atoms with van der Waals surface area (Å²) in [5.41, 5.74) is 4.79. The summed E-state index contributed by atoms with van der Waals surface area (Å²) in [4.78, 5) is 23.9. The Kier molecular flexibility index (Phi) is 4.47. The van der Waals surface area contributed by atoms with E-state index in [9.17, 15) is 14.7 Å². The van der Waals surface area contributed by atoms with Crippen LogP contribution in [0.3, 0.4) is 0 Å². The molecule has 1 aliphatic rings. The van der Waals surface area contributed by atoms with E-state index in [0.29, 0.717) is 32.4 Å². The van der Waals surface area contributed by atoms with Crippen molar-refractivity contribution in [3.8, 4) is 0 Å². The highest BCUT2D eigenvalue weighted by atomic mass is 16.4. The van der Waals surface area contributed by atoms with E-state index in [-0.39, 0.29) is 12.3 Å². The average molecular weight is 244 g/mol. The maximum Gasteiger partial charge on any atom is 0.305 e. The van der Waals surface area contributed by atoms with Crippen LogP contribution in [0.25, 0.3) is 0 Å². The number of nitrogens with two attached hydrogens (primary N) is 1. The van der Waals surface area contributed by atoms with Crippen LogP contribution in [-0.2, 0) is 9.59 Å². The number of carbonyl (C=O) groups excluding carboxylic acids is 1. The molecule has 1 heterocycles. The zero-order valence-electron chi connectivity index (χ0n) is 10.1. The minimum atomic E-state index is -1.08. The number of carbonyl (C=O) groups is 2. The smallest absolute Gasteiger partial charge is 0.305 e. The van der Waals surface area contributed by atoms with E-state index in [4.69, 9.17) is 10.8 Å². The third kappa shape index (κ3) is 4.32. The second kappa shape index (κ2) is 5.46. The number of nitrogens with zero attached hydrogens (tertiary/aromatic N) is 1. The summed E-state index contributed by atoms with van der Waals surface area (Å²) in [7, 11) is 0. The van der Waals surface area contributed by atoms with Gasteiger partial charge in [-0.15, -0.1) is 0 Å². The highest BCUT2D eigenvalue weighted by Gasteiger charge is 2.29. The highest BCUT2D eigenvalue weighted by molar-refractivity contribution is 5.86. The predicted octanol–water partition coefficient (Wildman–Crippen LogP) is -0.448. The first kappa shape index (κ1) is 13.9. The Balaban J connectivity index is 2.55. The van der Waals surface area contributed by atoms with Crippen molar-refractivity contribution in [2.24, 2.45) is 5.73 Å². The number of carboxylic acids is 1. The van der Waals surface area contributed by atoms with E-state index in [2.05, 4.69) is 0 Å². The molecule has 98 valence electrons. The molecule has 1 fully saturated rings. The topological polar surface area (TPSA) is 104 Å². The van der Waals surface area contributed by atoms with E-state index < -0.39 is 17.6 Å². The third-order valence-corrected chi connectivity index (χ3v) is 3.09. The van der Waals surface area contributed by atoms with Gasteiger partial charge in [0.25, 0.3) is 0 Å². The minimum absolute atomic E-state index is 0.342. The molecule has 1 rings (SSSR count). The molecule has 0 bridgehead atoms. The molecule has 2 unspecified atom stereocenters. The van der Waals surface area contributed by atoms with Crippen molar-refractivity contribution in [3.63, 3.8) is 0 Å². The van der Waals surface area contributed by atoms with Crippen LogP contribution in [0.5, 0.6) is 0 Å². The van der Waals surface area contributed by atoms with Gasteiger partial charge in [0, 0.05) is 13.1 Å². The van der Waals surface area contributed by atoms with E-state index in [1.807, 2.05) is 0 Å². The molecule has 0 radical (unpaired) electrons. The van der Waals surface area contributed by atoms with Gasteiger partial charge in [-0.1, -0.05) is 0 Å². The lowest BCUT2D eigenvalue weighted by molar-refractivity contribution is -0.142. The number of hydrogen-bond donors (Lipinski definition) is 3. The normalized spacial score (nSPS) is 27.4. The molecule has 17 heavy (non-hydrogen) atoms. The molecule has 0 aliphatic carbocycles.